The van der Waals surface area contributed by atoms with E-state index in [1.54, 1.807) is 12.1 Å². The molecule has 1 heterocycles. The zero-order valence-corrected chi connectivity index (χ0v) is 17.6. The van der Waals surface area contributed by atoms with E-state index in [2.05, 4.69) is 5.32 Å². The summed E-state index contributed by atoms with van der Waals surface area (Å²) in [4.78, 5) is 63.2. The molecule has 31 heavy (non-hydrogen) atoms. The molecule has 0 aromatic heterocycles. The molecule has 2 aromatic rings. The van der Waals surface area contributed by atoms with Crippen LogP contribution in [0.4, 0.5) is 0 Å². The van der Waals surface area contributed by atoms with Crippen molar-refractivity contribution in [3.05, 3.63) is 68.7 Å². The number of nitrogens with zero attached hydrogens (tertiary/aromatic N) is 1. The van der Waals surface area contributed by atoms with Crippen molar-refractivity contribution in [2.45, 2.75) is 31.8 Å². The van der Waals surface area contributed by atoms with Gasteiger partial charge in [-0.15, -0.1) is 0 Å². The second kappa shape index (κ2) is 8.24. The first-order chi connectivity index (χ1) is 14.8. The quantitative estimate of drug-likeness (QED) is 0.559. The lowest BCUT2D eigenvalue weighted by atomic mass is 9.92. The Bertz CT molecular complexity index is 1140. The Kier molecular flexibility index (Phi) is 5.64. The molecular weight excluding hydrogens is 443 g/mol. The van der Waals surface area contributed by atoms with Gasteiger partial charge in [-0.3, -0.25) is 28.9 Å². The van der Waals surface area contributed by atoms with Crippen molar-refractivity contribution in [2.75, 3.05) is 0 Å². The molecule has 0 spiro atoms. The van der Waals surface area contributed by atoms with Gasteiger partial charge < -0.3 is 5.32 Å². The third kappa shape index (κ3) is 3.98. The molecule has 1 atom stereocenters. The van der Waals surface area contributed by atoms with E-state index in [4.69, 9.17) is 23.2 Å². The van der Waals surface area contributed by atoms with Gasteiger partial charge in [0.05, 0.1) is 23.6 Å². The predicted octanol–water partition coefficient (Wildman–Crippen LogP) is 3.21. The predicted molar refractivity (Wildman–Crippen MR) is 112 cm³/mol. The lowest BCUT2D eigenvalue weighted by molar-refractivity contribution is -0.132. The summed E-state index contributed by atoms with van der Waals surface area (Å²) in [6, 6.07) is 8.23. The van der Waals surface area contributed by atoms with Gasteiger partial charge in [-0.05, 0) is 36.2 Å². The Morgan fingerprint density at radius 2 is 1.74 bits per heavy atom. The fraction of sp³-hybridized carbons (Fsp3) is 0.227. The molecule has 1 aliphatic heterocycles. The molecule has 0 saturated heterocycles. The molecule has 9 heteroatoms. The first kappa shape index (κ1) is 21.2. The van der Waals surface area contributed by atoms with Crippen molar-refractivity contribution in [3.63, 3.8) is 0 Å². The number of hydrogen-bond acceptors (Lipinski definition) is 5. The van der Waals surface area contributed by atoms with Crippen LogP contribution in [-0.2, 0) is 16.1 Å². The summed E-state index contributed by atoms with van der Waals surface area (Å²) >= 11 is 11.9. The number of nitrogens with one attached hydrogen (secondary N) is 1. The van der Waals surface area contributed by atoms with Crippen molar-refractivity contribution in [1.82, 2.24) is 10.2 Å². The van der Waals surface area contributed by atoms with Crippen LogP contribution in [0.5, 0.6) is 0 Å². The summed E-state index contributed by atoms with van der Waals surface area (Å²) in [5.41, 5.74) is 1.03. The number of fused-ring (bicyclic) bond motifs is 1. The van der Waals surface area contributed by atoms with Crippen LogP contribution in [-0.4, -0.2) is 40.2 Å². The molecule has 4 rings (SSSR count). The van der Waals surface area contributed by atoms with Crippen molar-refractivity contribution >= 4 is 52.5 Å². The summed E-state index contributed by atoms with van der Waals surface area (Å²) in [5, 5.41) is 3.31. The van der Waals surface area contributed by atoms with Crippen LogP contribution in [0.1, 0.15) is 55.9 Å². The Morgan fingerprint density at radius 1 is 1.03 bits per heavy atom. The average molecular weight is 459 g/mol. The molecule has 3 amide bonds. The van der Waals surface area contributed by atoms with E-state index in [-0.39, 0.29) is 48.3 Å². The largest absolute Gasteiger partial charge is 0.348 e. The van der Waals surface area contributed by atoms with E-state index in [0.717, 1.165) is 4.90 Å². The highest BCUT2D eigenvalue weighted by Crippen LogP contribution is 2.31. The summed E-state index contributed by atoms with van der Waals surface area (Å²) < 4.78 is 0. The molecule has 1 unspecified atom stereocenters. The molecular formula is C22H16Cl2N2O5. The molecule has 2 aliphatic rings. The maximum atomic E-state index is 13.1. The van der Waals surface area contributed by atoms with E-state index < -0.39 is 29.5 Å². The zero-order chi connectivity index (χ0) is 22.3. The Balaban J connectivity index is 1.57. The van der Waals surface area contributed by atoms with Gasteiger partial charge >= 0.3 is 0 Å². The number of imide groups is 1. The van der Waals surface area contributed by atoms with Crippen LogP contribution < -0.4 is 5.32 Å². The summed E-state index contributed by atoms with van der Waals surface area (Å²) in [6.07, 6.45) is 0.00281. The van der Waals surface area contributed by atoms with Gasteiger partial charge in [0.2, 0.25) is 0 Å². The van der Waals surface area contributed by atoms with Gasteiger partial charge in [0, 0.05) is 28.6 Å². The molecule has 0 bridgehead atoms. The van der Waals surface area contributed by atoms with Crippen LogP contribution in [0.3, 0.4) is 0 Å². The fourth-order valence-electron chi connectivity index (χ4n) is 3.90. The topological polar surface area (TPSA) is 101 Å². The summed E-state index contributed by atoms with van der Waals surface area (Å²) in [5.74, 6) is -2.23. The normalized spacial score (nSPS) is 18.4. The van der Waals surface area contributed by atoms with E-state index >= 15 is 0 Å². The molecule has 1 N–H and O–H groups in total. The maximum absolute atomic E-state index is 13.1. The lowest BCUT2D eigenvalue weighted by Gasteiger charge is -2.27. The highest BCUT2D eigenvalue weighted by molar-refractivity contribution is 6.35. The van der Waals surface area contributed by atoms with E-state index in [1.165, 1.54) is 24.3 Å². The van der Waals surface area contributed by atoms with E-state index in [9.17, 15) is 24.0 Å². The number of rotatable bonds is 4. The van der Waals surface area contributed by atoms with Gasteiger partial charge in [-0.25, -0.2) is 0 Å². The molecule has 158 valence electrons. The fourth-order valence-corrected chi connectivity index (χ4v) is 4.42. The Morgan fingerprint density at radius 3 is 2.42 bits per heavy atom. The molecule has 0 radical (unpaired) electrons. The Labute approximate surface area is 187 Å². The highest BCUT2D eigenvalue weighted by Gasteiger charge is 2.45. The van der Waals surface area contributed by atoms with Crippen LogP contribution in [0, 0.1) is 0 Å². The molecule has 1 saturated carbocycles. The second-order valence-corrected chi connectivity index (χ2v) is 8.27. The second-order valence-electron chi connectivity index (χ2n) is 7.40. The summed E-state index contributed by atoms with van der Waals surface area (Å²) in [6.45, 7) is -0.0178. The minimum Gasteiger partial charge on any atom is -0.348 e. The van der Waals surface area contributed by atoms with Crippen LogP contribution in [0.15, 0.2) is 36.4 Å². The number of carbonyl (C=O) groups excluding carboxylic acids is 5. The minimum atomic E-state index is -0.943. The van der Waals surface area contributed by atoms with E-state index in [1.807, 2.05) is 0 Å². The van der Waals surface area contributed by atoms with Crippen LogP contribution >= 0.6 is 23.2 Å². The highest BCUT2D eigenvalue weighted by atomic mass is 35.5. The minimum absolute atomic E-state index is 0.0178. The monoisotopic (exact) mass is 458 g/mol. The van der Waals surface area contributed by atoms with E-state index in [0.29, 0.717) is 15.6 Å². The number of amides is 3. The summed E-state index contributed by atoms with van der Waals surface area (Å²) in [7, 11) is 0. The number of hydrogen-bond donors (Lipinski definition) is 1. The van der Waals surface area contributed by atoms with Gasteiger partial charge in [0.15, 0.2) is 5.78 Å². The molecule has 7 nitrogen and oxygen atoms in total. The van der Waals surface area contributed by atoms with Gasteiger partial charge in [-0.2, -0.15) is 0 Å². The van der Waals surface area contributed by atoms with Crippen molar-refractivity contribution < 1.29 is 24.0 Å². The first-order valence-corrected chi connectivity index (χ1v) is 10.3. The lowest BCUT2D eigenvalue weighted by Crippen LogP contribution is -2.47. The number of ketones is 2. The number of carbonyl (C=O) groups is 5. The number of Topliss-reactive ketones (excluding diaryl/α,β-unsaturated/α-hetero) is 2. The molecule has 1 aliphatic carbocycles. The molecule has 1 fully saturated rings. The standard InChI is InChI=1S/C22H16Cl2N2O5/c23-13-6-12(7-14(24)8-13)20(29)25-10-11-2-1-3-16-19(11)22(31)26(21(16)30)17-5-4-15(27)9-18(17)28/h1-3,6-8,17H,4-5,9-10H2,(H,25,29). The average Bonchev–Trinajstić information content (AvgIpc) is 2.97. The van der Waals surface area contributed by atoms with Crippen molar-refractivity contribution in [2.24, 2.45) is 0 Å². The zero-order valence-electron chi connectivity index (χ0n) is 16.1. The van der Waals surface area contributed by atoms with Crippen LogP contribution in [0.2, 0.25) is 10.0 Å². The van der Waals surface area contributed by atoms with Gasteiger partial charge in [0.25, 0.3) is 17.7 Å². The third-order valence-electron chi connectivity index (χ3n) is 5.35. The maximum Gasteiger partial charge on any atom is 0.262 e. The number of halogens is 2. The first-order valence-electron chi connectivity index (χ1n) is 9.54. The van der Waals surface area contributed by atoms with Crippen LogP contribution in [0.25, 0.3) is 0 Å². The van der Waals surface area contributed by atoms with Gasteiger partial charge in [-0.1, -0.05) is 35.3 Å². The number of benzene rings is 2. The smallest absolute Gasteiger partial charge is 0.262 e. The van der Waals surface area contributed by atoms with Crippen molar-refractivity contribution in [1.29, 1.82) is 0 Å². The van der Waals surface area contributed by atoms with Crippen molar-refractivity contribution in [3.8, 4) is 0 Å². The molecule has 2 aromatic carbocycles. The van der Waals surface area contributed by atoms with Gasteiger partial charge in [0.1, 0.15) is 5.78 Å². The Hall–Kier alpha value is -3.03. The SMILES string of the molecule is O=C1CCC(N2C(=O)c3cccc(CNC(=O)c4cc(Cl)cc(Cl)c4)c3C2=O)C(=O)C1. The third-order valence-corrected chi connectivity index (χ3v) is 5.78.